The number of thiophene rings is 1. The number of nitrogens with zero attached hydrogens (tertiary/aromatic N) is 1. The van der Waals surface area contributed by atoms with E-state index in [2.05, 4.69) is 5.32 Å². The normalized spacial score (nSPS) is 9.60. The predicted octanol–water partition coefficient (Wildman–Crippen LogP) is 1.69. The minimum absolute atomic E-state index is 0.0533. The molecule has 0 unspecified atom stereocenters. The highest BCUT2D eigenvalue weighted by molar-refractivity contribution is 7.14. The van der Waals surface area contributed by atoms with Crippen LogP contribution in [0.5, 0.6) is 0 Å². The van der Waals surface area contributed by atoms with E-state index in [9.17, 15) is 4.79 Å². The molecule has 0 fully saturated rings. The van der Waals surface area contributed by atoms with Crippen LogP contribution < -0.4 is 11.1 Å². The summed E-state index contributed by atoms with van der Waals surface area (Å²) in [7, 11) is 0. The summed E-state index contributed by atoms with van der Waals surface area (Å²) in [4.78, 5) is 11.4. The van der Waals surface area contributed by atoms with Crippen molar-refractivity contribution in [2.75, 3.05) is 11.9 Å². The van der Waals surface area contributed by atoms with Gasteiger partial charge < -0.3 is 11.1 Å². The van der Waals surface area contributed by atoms with Gasteiger partial charge in [0.15, 0.2) is 0 Å². The van der Waals surface area contributed by atoms with Gasteiger partial charge in [0.2, 0.25) is 5.91 Å². The lowest BCUT2D eigenvalue weighted by molar-refractivity contribution is -0.116. The first kappa shape index (κ1) is 11.7. The van der Waals surface area contributed by atoms with Crippen LogP contribution in [0.3, 0.4) is 0 Å². The zero-order valence-electron chi connectivity index (χ0n) is 8.32. The van der Waals surface area contributed by atoms with Crippen molar-refractivity contribution in [1.82, 2.24) is 0 Å². The molecule has 1 aromatic rings. The summed E-state index contributed by atoms with van der Waals surface area (Å²) < 4.78 is 0. The number of carbonyl (C=O) groups is 1. The molecule has 0 atom stereocenters. The lowest BCUT2D eigenvalue weighted by atomic mass is 10.2. The van der Waals surface area contributed by atoms with Crippen LogP contribution in [0.1, 0.15) is 24.8 Å². The first-order valence-electron chi connectivity index (χ1n) is 4.75. The fourth-order valence-electron chi connectivity index (χ4n) is 1.11. The number of carbonyl (C=O) groups excluding carboxylic acids is 1. The van der Waals surface area contributed by atoms with Crippen LogP contribution in [0, 0.1) is 11.3 Å². The van der Waals surface area contributed by atoms with Crippen molar-refractivity contribution in [2.24, 2.45) is 5.73 Å². The Labute approximate surface area is 92.7 Å². The topological polar surface area (TPSA) is 78.9 Å². The van der Waals surface area contributed by atoms with Crippen molar-refractivity contribution < 1.29 is 4.79 Å². The van der Waals surface area contributed by atoms with Gasteiger partial charge in [0.1, 0.15) is 11.1 Å². The van der Waals surface area contributed by atoms with E-state index in [1.54, 1.807) is 11.4 Å². The predicted molar refractivity (Wildman–Crippen MR) is 60.6 cm³/mol. The molecule has 0 aliphatic rings. The van der Waals surface area contributed by atoms with E-state index in [-0.39, 0.29) is 5.91 Å². The van der Waals surface area contributed by atoms with Gasteiger partial charge in [-0.15, -0.1) is 11.3 Å². The number of amides is 1. The number of rotatable bonds is 5. The Bertz CT molecular complexity index is 367. The molecule has 0 spiro atoms. The van der Waals surface area contributed by atoms with E-state index in [1.165, 1.54) is 11.3 Å². The van der Waals surface area contributed by atoms with Gasteiger partial charge in [0.05, 0.1) is 5.56 Å². The monoisotopic (exact) mass is 223 g/mol. The number of anilines is 1. The van der Waals surface area contributed by atoms with Gasteiger partial charge in [-0.1, -0.05) is 0 Å². The standard InChI is InChI=1S/C10H13N3OS/c11-5-2-1-3-9(14)13-10-8(7-12)4-6-15-10/h4,6H,1-3,5,11H2,(H,13,14). The number of hydrogen-bond acceptors (Lipinski definition) is 4. The molecule has 80 valence electrons. The first-order valence-corrected chi connectivity index (χ1v) is 5.63. The minimum atomic E-state index is -0.0533. The van der Waals surface area contributed by atoms with Crippen LogP contribution in [0.15, 0.2) is 11.4 Å². The molecule has 0 bridgehead atoms. The average Bonchev–Trinajstić information content (AvgIpc) is 2.65. The maximum atomic E-state index is 11.4. The molecule has 0 saturated heterocycles. The molecule has 1 aromatic heterocycles. The van der Waals surface area contributed by atoms with Gasteiger partial charge >= 0.3 is 0 Å². The quantitative estimate of drug-likeness (QED) is 0.745. The molecule has 3 N–H and O–H groups in total. The fourth-order valence-corrected chi connectivity index (χ4v) is 1.87. The van der Waals surface area contributed by atoms with Crippen molar-refractivity contribution in [3.05, 3.63) is 17.0 Å². The summed E-state index contributed by atoms with van der Waals surface area (Å²) in [6, 6.07) is 3.72. The first-order chi connectivity index (χ1) is 7.27. The Hall–Kier alpha value is -1.38. The van der Waals surface area contributed by atoms with E-state index in [0.29, 0.717) is 23.5 Å². The number of unbranched alkanes of at least 4 members (excludes halogenated alkanes) is 1. The van der Waals surface area contributed by atoms with E-state index in [0.717, 1.165) is 12.8 Å². The summed E-state index contributed by atoms with van der Waals surface area (Å²) >= 11 is 1.36. The molecule has 1 amide bonds. The van der Waals surface area contributed by atoms with Crippen LogP contribution >= 0.6 is 11.3 Å². The Morgan fingerprint density at radius 1 is 1.60 bits per heavy atom. The molecule has 4 nitrogen and oxygen atoms in total. The number of hydrogen-bond donors (Lipinski definition) is 2. The maximum absolute atomic E-state index is 11.4. The van der Waals surface area contributed by atoms with Crippen LogP contribution in [-0.4, -0.2) is 12.5 Å². The molecular formula is C10H13N3OS. The minimum Gasteiger partial charge on any atom is -0.330 e. The highest BCUT2D eigenvalue weighted by Gasteiger charge is 2.07. The molecule has 0 radical (unpaired) electrons. The molecule has 0 aliphatic carbocycles. The average molecular weight is 223 g/mol. The number of nitrogens with two attached hydrogens (primary N) is 1. The van der Waals surface area contributed by atoms with Gasteiger partial charge in [-0.25, -0.2) is 0 Å². The maximum Gasteiger partial charge on any atom is 0.225 e. The third-order valence-electron chi connectivity index (χ3n) is 1.90. The van der Waals surface area contributed by atoms with E-state index < -0.39 is 0 Å². The fraction of sp³-hybridized carbons (Fsp3) is 0.400. The lowest BCUT2D eigenvalue weighted by Gasteiger charge is -2.02. The van der Waals surface area contributed by atoms with Crippen LogP contribution in [-0.2, 0) is 4.79 Å². The van der Waals surface area contributed by atoms with E-state index >= 15 is 0 Å². The molecule has 0 aliphatic heterocycles. The van der Waals surface area contributed by atoms with Gasteiger partial charge in [-0.3, -0.25) is 4.79 Å². The molecule has 1 heterocycles. The summed E-state index contributed by atoms with van der Waals surface area (Å²) in [5.74, 6) is -0.0533. The van der Waals surface area contributed by atoms with Crippen LogP contribution in [0.4, 0.5) is 5.00 Å². The summed E-state index contributed by atoms with van der Waals surface area (Å²) in [5.41, 5.74) is 5.84. The zero-order chi connectivity index (χ0) is 11.1. The third kappa shape index (κ3) is 3.70. The van der Waals surface area contributed by atoms with Crippen molar-refractivity contribution in [3.63, 3.8) is 0 Å². The molecule has 5 heteroatoms. The highest BCUT2D eigenvalue weighted by atomic mass is 32.1. The summed E-state index contributed by atoms with van der Waals surface area (Å²) in [5, 5.41) is 13.9. The Balaban J connectivity index is 2.42. The molecule has 1 rings (SSSR count). The van der Waals surface area contributed by atoms with Crippen LogP contribution in [0.25, 0.3) is 0 Å². The zero-order valence-corrected chi connectivity index (χ0v) is 9.14. The van der Waals surface area contributed by atoms with Crippen molar-refractivity contribution in [1.29, 1.82) is 5.26 Å². The Morgan fingerprint density at radius 2 is 2.40 bits per heavy atom. The SMILES string of the molecule is N#Cc1ccsc1NC(=O)CCCCN. The Kier molecular flexibility index (Phi) is 4.81. The molecule has 0 aromatic carbocycles. The molecule has 15 heavy (non-hydrogen) atoms. The third-order valence-corrected chi connectivity index (χ3v) is 2.73. The summed E-state index contributed by atoms with van der Waals surface area (Å²) in [6.45, 7) is 0.607. The van der Waals surface area contributed by atoms with Crippen LogP contribution in [0.2, 0.25) is 0 Å². The van der Waals surface area contributed by atoms with Gasteiger partial charge in [-0.2, -0.15) is 5.26 Å². The second-order valence-electron chi connectivity index (χ2n) is 3.07. The van der Waals surface area contributed by atoms with E-state index in [4.69, 9.17) is 11.0 Å². The Morgan fingerprint density at radius 3 is 3.07 bits per heavy atom. The van der Waals surface area contributed by atoms with Gasteiger partial charge in [0.25, 0.3) is 0 Å². The summed E-state index contributed by atoms with van der Waals surface area (Å²) in [6.07, 6.45) is 2.10. The van der Waals surface area contributed by atoms with E-state index in [1.807, 2.05) is 6.07 Å². The van der Waals surface area contributed by atoms with Crippen molar-refractivity contribution >= 4 is 22.2 Å². The second-order valence-corrected chi connectivity index (χ2v) is 3.99. The molecular weight excluding hydrogens is 210 g/mol. The van der Waals surface area contributed by atoms with Gasteiger partial charge in [0, 0.05) is 6.42 Å². The number of nitriles is 1. The second kappa shape index (κ2) is 6.17. The van der Waals surface area contributed by atoms with Gasteiger partial charge in [-0.05, 0) is 30.8 Å². The number of nitrogens with one attached hydrogen (secondary N) is 1. The van der Waals surface area contributed by atoms with Crippen molar-refractivity contribution in [3.8, 4) is 6.07 Å². The lowest BCUT2D eigenvalue weighted by Crippen LogP contribution is -2.11. The highest BCUT2D eigenvalue weighted by Crippen LogP contribution is 2.22. The van der Waals surface area contributed by atoms with Crippen molar-refractivity contribution in [2.45, 2.75) is 19.3 Å². The molecule has 0 saturated carbocycles. The smallest absolute Gasteiger partial charge is 0.225 e. The largest absolute Gasteiger partial charge is 0.330 e.